The molecule has 1 atom stereocenters. The summed E-state index contributed by atoms with van der Waals surface area (Å²) in [5.41, 5.74) is 2.74. The Morgan fingerprint density at radius 3 is 2.38 bits per heavy atom. The van der Waals surface area contributed by atoms with Gasteiger partial charge in [0.15, 0.2) is 0 Å². The van der Waals surface area contributed by atoms with E-state index in [2.05, 4.69) is 20.9 Å². The van der Waals surface area contributed by atoms with Crippen molar-refractivity contribution in [1.29, 1.82) is 0 Å². The van der Waals surface area contributed by atoms with E-state index in [0.717, 1.165) is 22.0 Å². The summed E-state index contributed by atoms with van der Waals surface area (Å²) in [6.07, 6.45) is 4.11. The Morgan fingerprint density at radius 1 is 0.846 bits per heavy atom. The number of nitrogens with one attached hydrogen (secondary N) is 4. The van der Waals surface area contributed by atoms with Crippen molar-refractivity contribution in [1.82, 2.24) is 20.9 Å². The number of aliphatic carboxylic acids is 1. The minimum Gasteiger partial charge on any atom is -0.481 e. The van der Waals surface area contributed by atoms with Gasteiger partial charge in [-0.3, -0.25) is 14.4 Å². The van der Waals surface area contributed by atoms with Crippen LogP contribution in [0.2, 0.25) is 0 Å². The zero-order valence-electron chi connectivity index (χ0n) is 21.9. The maximum absolute atomic E-state index is 13.0. The van der Waals surface area contributed by atoms with Crippen molar-refractivity contribution in [2.45, 2.75) is 57.6 Å². The first kappa shape index (κ1) is 29.2. The Bertz CT molecular complexity index is 1230. The molecule has 0 saturated heterocycles. The third-order valence-electron chi connectivity index (χ3n) is 6.18. The fourth-order valence-corrected chi connectivity index (χ4v) is 4.12. The number of aromatic amines is 1. The van der Waals surface area contributed by atoms with Crippen LogP contribution >= 0.6 is 0 Å². The second-order valence-electron chi connectivity index (χ2n) is 9.27. The number of fused-ring (bicyclic) bond motifs is 1. The van der Waals surface area contributed by atoms with E-state index in [1.54, 1.807) is 0 Å². The smallest absolute Gasteiger partial charge is 0.407 e. The lowest BCUT2D eigenvalue weighted by atomic mass is 10.0. The average Bonchev–Trinajstić information content (AvgIpc) is 3.34. The van der Waals surface area contributed by atoms with Crippen LogP contribution in [0.1, 0.15) is 49.7 Å². The van der Waals surface area contributed by atoms with Gasteiger partial charge in [-0.05, 0) is 36.5 Å². The Morgan fingerprint density at radius 2 is 1.59 bits per heavy atom. The van der Waals surface area contributed by atoms with Gasteiger partial charge in [-0.1, -0.05) is 55.0 Å². The topological polar surface area (TPSA) is 150 Å². The zero-order chi connectivity index (χ0) is 27.9. The fraction of sp³-hybridized carbons (Fsp3) is 0.379. The Kier molecular flexibility index (Phi) is 11.8. The monoisotopic (exact) mass is 536 g/mol. The number of amides is 3. The van der Waals surface area contributed by atoms with Crippen LogP contribution in [0, 0.1) is 0 Å². The number of carbonyl (C=O) groups is 4. The van der Waals surface area contributed by atoms with Gasteiger partial charge >= 0.3 is 12.1 Å². The number of rotatable bonds is 16. The molecule has 1 heterocycles. The van der Waals surface area contributed by atoms with Gasteiger partial charge in [0.2, 0.25) is 11.8 Å². The molecule has 10 nitrogen and oxygen atoms in total. The standard InChI is InChI=1S/C29H36N4O6/c34-26(14-9-17-31-29(38)39-20-21-10-3-1-4-11-21)33-25(28(37)30-16-8-2-5-15-27(35)36)18-22-19-32-24-13-7-6-12-23(22)24/h1,3-4,6-7,10-13,19,25,32H,2,5,8-9,14-18,20H2,(H,30,37)(H,31,38)(H,33,34)(H,35,36). The number of hydrogen-bond donors (Lipinski definition) is 5. The molecule has 3 rings (SSSR count). The molecule has 3 amide bonds. The third kappa shape index (κ3) is 10.5. The van der Waals surface area contributed by atoms with Crippen molar-refractivity contribution in [2.75, 3.05) is 13.1 Å². The molecule has 1 unspecified atom stereocenters. The van der Waals surface area contributed by atoms with Crippen molar-refractivity contribution in [3.05, 3.63) is 71.9 Å². The summed E-state index contributed by atoms with van der Waals surface area (Å²) in [6, 6.07) is 16.3. The largest absolute Gasteiger partial charge is 0.481 e. The Balaban J connectivity index is 1.46. The number of unbranched alkanes of at least 4 members (excludes halogenated alkanes) is 2. The first-order chi connectivity index (χ1) is 18.9. The highest BCUT2D eigenvalue weighted by Gasteiger charge is 2.22. The van der Waals surface area contributed by atoms with Crippen molar-refractivity contribution in [2.24, 2.45) is 0 Å². The SMILES string of the molecule is O=C(O)CCCCCNC(=O)C(Cc1c[nH]c2ccccc12)NC(=O)CCCNC(=O)OCc1ccccc1. The number of hydrogen-bond acceptors (Lipinski definition) is 5. The maximum atomic E-state index is 13.0. The molecule has 0 fully saturated rings. The van der Waals surface area contributed by atoms with Crippen LogP contribution in [0.25, 0.3) is 10.9 Å². The van der Waals surface area contributed by atoms with E-state index in [1.807, 2.05) is 60.8 Å². The lowest BCUT2D eigenvalue weighted by Crippen LogP contribution is -2.48. The summed E-state index contributed by atoms with van der Waals surface area (Å²) in [5.74, 6) is -1.43. The van der Waals surface area contributed by atoms with E-state index in [-0.39, 0.29) is 37.8 Å². The maximum Gasteiger partial charge on any atom is 0.407 e. The number of ether oxygens (including phenoxy) is 1. The number of para-hydroxylation sites is 1. The summed E-state index contributed by atoms with van der Waals surface area (Å²) in [7, 11) is 0. The van der Waals surface area contributed by atoms with Crippen molar-refractivity contribution < 1.29 is 29.0 Å². The number of benzene rings is 2. The molecular weight excluding hydrogens is 500 g/mol. The number of carboxylic acids is 1. The highest BCUT2D eigenvalue weighted by Crippen LogP contribution is 2.19. The highest BCUT2D eigenvalue weighted by atomic mass is 16.5. The number of H-pyrrole nitrogens is 1. The van der Waals surface area contributed by atoms with Crippen LogP contribution in [0.4, 0.5) is 4.79 Å². The van der Waals surface area contributed by atoms with Crippen molar-refractivity contribution in [3.8, 4) is 0 Å². The van der Waals surface area contributed by atoms with Crippen LogP contribution in [-0.2, 0) is 32.1 Å². The lowest BCUT2D eigenvalue weighted by molar-refractivity contribution is -0.137. The molecule has 2 aromatic carbocycles. The van der Waals surface area contributed by atoms with E-state index in [1.165, 1.54) is 0 Å². The number of alkyl carbamates (subject to hydrolysis) is 1. The summed E-state index contributed by atoms with van der Waals surface area (Å²) in [4.78, 5) is 51.4. The fourth-order valence-electron chi connectivity index (χ4n) is 4.12. The summed E-state index contributed by atoms with van der Waals surface area (Å²) in [6.45, 7) is 0.821. The van der Waals surface area contributed by atoms with Gasteiger partial charge in [0.05, 0.1) is 0 Å². The van der Waals surface area contributed by atoms with Gasteiger partial charge in [0, 0.05) is 49.5 Å². The third-order valence-corrected chi connectivity index (χ3v) is 6.18. The first-order valence-electron chi connectivity index (χ1n) is 13.2. The van der Waals surface area contributed by atoms with E-state index in [0.29, 0.717) is 38.6 Å². The van der Waals surface area contributed by atoms with Crippen molar-refractivity contribution in [3.63, 3.8) is 0 Å². The predicted octanol–water partition coefficient (Wildman–Crippen LogP) is 3.66. The number of carboxylic acid groups (broad SMARTS) is 1. The molecule has 0 spiro atoms. The summed E-state index contributed by atoms with van der Waals surface area (Å²) in [5, 5.41) is 18.1. The normalized spacial score (nSPS) is 11.5. The average molecular weight is 537 g/mol. The van der Waals surface area contributed by atoms with Gasteiger partial charge in [-0.15, -0.1) is 0 Å². The lowest BCUT2D eigenvalue weighted by Gasteiger charge is -2.18. The molecule has 10 heteroatoms. The number of aromatic nitrogens is 1. The van der Waals surface area contributed by atoms with Gasteiger partial charge in [0.25, 0.3) is 0 Å². The van der Waals surface area contributed by atoms with E-state index >= 15 is 0 Å². The van der Waals surface area contributed by atoms with Gasteiger partial charge < -0.3 is 30.8 Å². The Hall–Kier alpha value is -4.34. The minimum atomic E-state index is -0.834. The second kappa shape index (κ2) is 15.8. The molecule has 3 aromatic rings. The van der Waals surface area contributed by atoms with E-state index in [9.17, 15) is 19.2 Å². The van der Waals surface area contributed by atoms with E-state index < -0.39 is 18.1 Å². The molecule has 39 heavy (non-hydrogen) atoms. The van der Waals surface area contributed by atoms with E-state index in [4.69, 9.17) is 9.84 Å². The van der Waals surface area contributed by atoms with Crippen LogP contribution in [0.15, 0.2) is 60.8 Å². The molecule has 0 radical (unpaired) electrons. The molecule has 208 valence electrons. The van der Waals surface area contributed by atoms with Gasteiger partial charge in [-0.2, -0.15) is 0 Å². The molecule has 0 saturated carbocycles. The van der Waals surface area contributed by atoms with Gasteiger partial charge in [0.1, 0.15) is 12.6 Å². The summed E-state index contributed by atoms with van der Waals surface area (Å²) >= 11 is 0. The molecule has 5 N–H and O–H groups in total. The zero-order valence-corrected chi connectivity index (χ0v) is 21.9. The number of carbonyl (C=O) groups excluding carboxylic acids is 3. The predicted molar refractivity (Wildman–Crippen MR) is 147 cm³/mol. The molecule has 0 aliphatic heterocycles. The van der Waals surface area contributed by atoms with Crippen LogP contribution in [0.3, 0.4) is 0 Å². The quantitative estimate of drug-likeness (QED) is 0.176. The summed E-state index contributed by atoms with van der Waals surface area (Å²) < 4.78 is 5.16. The molecular formula is C29H36N4O6. The second-order valence-corrected chi connectivity index (χ2v) is 9.27. The molecule has 0 bridgehead atoms. The Labute approximate surface area is 227 Å². The molecule has 1 aromatic heterocycles. The van der Waals surface area contributed by atoms with Gasteiger partial charge in [-0.25, -0.2) is 4.79 Å². The minimum absolute atomic E-state index is 0.104. The van der Waals surface area contributed by atoms with Crippen LogP contribution in [-0.4, -0.2) is 53.1 Å². The van der Waals surface area contributed by atoms with Crippen LogP contribution in [0.5, 0.6) is 0 Å². The highest BCUT2D eigenvalue weighted by molar-refractivity contribution is 5.89. The molecule has 0 aliphatic carbocycles. The molecule has 0 aliphatic rings. The first-order valence-corrected chi connectivity index (χ1v) is 13.2. The van der Waals surface area contributed by atoms with Crippen LogP contribution < -0.4 is 16.0 Å². The van der Waals surface area contributed by atoms with Crippen molar-refractivity contribution >= 4 is 34.8 Å².